The molecule has 1 aliphatic heterocycles. The van der Waals surface area contributed by atoms with Crippen molar-refractivity contribution in [3.8, 4) is 0 Å². The molecule has 1 saturated heterocycles. The maximum atomic E-state index is 4.11. The Morgan fingerprint density at radius 1 is 0.800 bits per heavy atom. The van der Waals surface area contributed by atoms with Crippen molar-refractivity contribution in [3.63, 3.8) is 0 Å². The molecule has 2 N–H and O–H groups in total. The lowest BCUT2D eigenvalue weighted by Gasteiger charge is -2.38. The van der Waals surface area contributed by atoms with Crippen molar-refractivity contribution < 1.29 is 0 Å². The third-order valence-electron chi connectivity index (χ3n) is 6.14. The van der Waals surface area contributed by atoms with Crippen molar-refractivity contribution in [2.75, 3.05) is 6.54 Å². The highest BCUT2D eigenvalue weighted by Crippen LogP contribution is 2.32. The quantitative estimate of drug-likeness (QED) is 0.766. The number of hydrogen-bond donors (Lipinski definition) is 2. The monoisotopic (exact) mass is 278 g/mol. The van der Waals surface area contributed by atoms with Gasteiger partial charge in [-0.05, 0) is 63.3 Å². The molecule has 3 fully saturated rings. The topological polar surface area (TPSA) is 24.1 Å². The van der Waals surface area contributed by atoms with E-state index in [1.807, 2.05) is 0 Å². The zero-order valence-corrected chi connectivity index (χ0v) is 13.4. The van der Waals surface area contributed by atoms with Gasteiger partial charge in [0.2, 0.25) is 0 Å². The molecule has 3 rings (SSSR count). The lowest BCUT2D eigenvalue weighted by atomic mass is 9.78. The van der Waals surface area contributed by atoms with E-state index in [0.717, 1.165) is 30.0 Å². The summed E-state index contributed by atoms with van der Waals surface area (Å²) >= 11 is 0. The van der Waals surface area contributed by atoms with E-state index in [9.17, 15) is 0 Å². The summed E-state index contributed by atoms with van der Waals surface area (Å²) in [5.41, 5.74) is 0. The Morgan fingerprint density at radius 2 is 1.70 bits per heavy atom. The maximum Gasteiger partial charge on any atom is 0.0113 e. The molecule has 0 amide bonds. The van der Waals surface area contributed by atoms with Gasteiger partial charge in [-0.25, -0.2) is 0 Å². The summed E-state index contributed by atoms with van der Waals surface area (Å²) in [6.45, 7) is 3.70. The summed E-state index contributed by atoms with van der Waals surface area (Å²) in [7, 11) is 0. The van der Waals surface area contributed by atoms with Gasteiger partial charge in [0, 0.05) is 18.1 Å². The van der Waals surface area contributed by atoms with Crippen LogP contribution in [0.1, 0.15) is 77.6 Å². The number of nitrogens with one attached hydrogen (secondary N) is 2. The lowest BCUT2D eigenvalue weighted by molar-refractivity contribution is 0.195. The second-order valence-electron chi connectivity index (χ2n) is 7.73. The molecule has 3 aliphatic rings. The van der Waals surface area contributed by atoms with E-state index in [1.54, 1.807) is 0 Å². The molecule has 2 aliphatic carbocycles. The first-order valence-electron chi connectivity index (χ1n) is 9.32. The Morgan fingerprint density at radius 3 is 2.55 bits per heavy atom. The molecule has 1 heterocycles. The molecule has 2 saturated carbocycles. The van der Waals surface area contributed by atoms with Crippen LogP contribution < -0.4 is 10.6 Å². The van der Waals surface area contributed by atoms with Gasteiger partial charge in [-0.1, -0.05) is 32.6 Å². The average molecular weight is 278 g/mol. The molecule has 0 radical (unpaired) electrons. The predicted octanol–water partition coefficient (Wildman–Crippen LogP) is 3.86. The Balaban J connectivity index is 1.55. The van der Waals surface area contributed by atoms with Crippen molar-refractivity contribution in [1.82, 2.24) is 10.6 Å². The minimum Gasteiger partial charge on any atom is -0.314 e. The minimum atomic E-state index is 0.803. The molecule has 2 nitrogen and oxygen atoms in total. The Labute approximate surface area is 125 Å². The molecule has 0 bridgehead atoms. The van der Waals surface area contributed by atoms with Crippen molar-refractivity contribution in [1.29, 1.82) is 0 Å². The van der Waals surface area contributed by atoms with Gasteiger partial charge >= 0.3 is 0 Å². The van der Waals surface area contributed by atoms with Crippen molar-refractivity contribution in [3.05, 3.63) is 0 Å². The van der Waals surface area contributed by atoms with Crippen LogP contribution in [0.25, 0.3) is 0 Å². The van der Waals surface area contributed by atoms with Crippen LogP contribution in [0.3, 0.4) is 0 Å². The molecule has 116 valence electrons. The van der Waals surface area contributed by atoms with E-state index >= 15 is 0 Å². The van der Waals surface area contributed by atoms with Crippen molar-refractivity contribution >= 4 is 0 Å². The first-order valence-corrected chi connectivity index (χ1v) is 9.32. The second kappa shape index (κ2) is 7.26. The fourth-order valence-electron chi connectivity index (χ4n) is 4.88. The van der Waals surface area contributed by atoms with E-state index in [0.29, 0.717) is 0 Å². The summed E-state index contributed by atoms with van der Waals surface area (Å²) < 4.78 is 0. The van der Waals surface area contributed by atoms with Gasteiger partial charge in [0.15, 0.2) is 0 Å². The van der Waals surface area contributed by atoms with Crippen LogP contribution in [0, 0.1) is 11.8 Å². The van der Waals surface area contributed by atoms with Gasteiger partial charge in [0.1, 0.15) is 0 Å². The highest BCUT2D eigenvalue weighted by atomic mass is 15.0. The SMILES string of the molecule is CC1CCCC(NC2CCCCC2C2CCCN2)CC1. The standard InChI is InChI=1S/C18H34N2/c1-14-6-4-7-15(12-11-14)20-18-9-3-2-8-16(18)17-10-5-13-19-17/h14-20H,2-13H2,1H3. The van der Waals surface area contributed by atoms with Crippen LogP contribution in [0.4, 0.5) is 0 Å². The van der Waals surface area contributed by atoms with Gasteiger partial charge in [-0.2, -0.15) is 0 Å². The Kier molecular flexibility index (Phi) is 5.39. The van der Waals surface area contributed by atoms with Gasteiger partial charge in [-0.3, -0.25) is 0 Å². The molecule has 0 aromatic rings. The molecule has 5 atom stereocenters. The number of rotatable bonds is 3. The van der Waals surface area contributed by atoms with Crippen LogP contribution in [0.15, 0.2) is 0 Å². The smallest absolute Gasteiger partial charge is 0.0113 e. The van der Waals surface area contributed by atoms with E-state index in [-0.39, 0.29) is 0 Å². The predicted molar refractivity (Wildman–Crippen MR) is 85.9 cm³/mol. The first kappa shape index (κ1) is 14.8. The van der Waals surface area contributed by atoms with Gasteiger partial charge in [0.25, 0.3) is 0 Å². The van der Waals surface area contributed by atoms with Gasteiger partial charge in [-0.15, -0.1) is 0 Å². The van der Waals surface area contributed by atoms with E-state index < -0.39 is 0 Å². The highest BCUT2D eigenvalue weighted by Gasteiger charge is 2.34. The molecule has 20 heavy (non-hydrogen) atoms. The average Bonchev–Trinajstić information content (AvgIpc) is 2.91. The number of hydrogen-bond acceptors (Lipinski definition) is 2. The third-order valence-corrected chi connectivity index (χ3v) is 6.14. The summed E-state index contributed by atoms with van der Waals surface area (Å²) in [5.74, 6) is 1.87. The van der Waals surface area contributed by atoms with Crippen LogP contribution in [-0.2, 0) is 0 Å². The molecule has 0 aromatic carbocycles. The molecular formula is C18H34N2. The molecule has 0 spiro atoms. The summed E-state index contributed by atoms with van der Waals surface area (Å²) in [4.78, 5) is 0. The van der Waals surface area contributed by atoms with E-state index in [1.165, 1.54) is 77.2 Å². The Bertz CT molecular complexity index is 285. The molecule has 0 aromatic heterocycles. The van der Waals surface area contributed by atoms with Crippen LogP contribution in [0.5, 0.6) is 0 Å². The molecule has 5 unspecified atom stereocenters. The normalized spacial score (nSPS) is 43.4. The van der Waals surface area contributed by atoms with Crippen molar-refractivity contribution in [2.45, 2.75) is 95.7 Å². The van der Waals surface area contributed by atoms with E-state index in [2.05, 4.69) is 17.6 Å². The second-order valence-corrected chi connectivity index (χ2v) is 7.73. The third kappa shape index (κ3) is 3.76. The maximum absolute atomic E-state index is 4.11. The molecular weight excluding hydrogens is 244 g/mol. The van der Waals surface area contributed by atoms with Crippen LogP contribution in [-0.4, -0.2) is 24.7 Å². The lowest BCUT2D eigenvalue weighted by Crippen LogP contribution is -2.50. The summed E-state index contributed by atoms with van der Waals surface area (Å²) in [6, 6.07) is 2.43. The first-order chi connectivity index (χ1) is 9.83. The minimum absolute atomic E-state index is 0.803. The largest absolute Gasteiger partial charge is 0.314 e. The van der Waals surface area contributed by atoms with Crippen LogP contribution >= 0.6 is 0 Å². The summed E-state index contributed by atoms with van der Waals surface area (Å²) in [6.07, 6.45) is 15.8. The van der Waals surface area contributed by atoms with Crippen molar-refractivity contribution in [2.24, 2.45) is 11.8 Å². The fraction of sp³-hybridized carbons (Fsp3) is 1.00. The van der Waals surface area contributed by atoms with Crippen LogP contribution in [0.2, 0.25) is 0 Å². The summed E-state index contributed by atoms with van der Waals surface area (Å²) in [5, 5.41) is 7.88. The molecule has 2 heteroatoms. The fourth-order valence-corrected chi connectivity index (χ4v) is 4.88. The zero-order valence-electron chi connectivity index (χ0n) is 13.4. The van der Waals surface area contributed by atoms with Gasteiger partial charge in [0.05, 0.1) is 0 Å². The highest BCUT2D eigenvalue weighted by molar-refractivity contribution is 4.93. The Hall–Kier alpha value is -0.0800. The van der Waals surface area contributed by atoms with E-state index in [4.69, 9.17) is 0 Å². The zero-order chi connectivity index (χ0) is 13.8. The van der Waals surface area contributed by atoms with Gasteiger partial charge < -0.3 is 10.6 Å².